The molecule has 2 amide bonds. The summed E-state index contributed by atoms with van der Waals surface area (Å²) >= 11 is 0. The number of carbonyl (C=O) groups is 2. The summed E-state index contributed by atoms with van der Waals surface area (Å²) in [6.45, 7) is 0. The molecule has 26 heavy (non-hydrogen) atoms. The van der Waals surface area contributed by atoms with Crippen molar-refractivity contribution >= 4 is 23.3 Å². The number of aliphatic hydroxyl groups excluding tert-OH is 1. The van der Waals surface area contributed by atoms with Crippen molar-refractivity contribution in [2.75, 3.05) is 7.05 Å². The van der Waals surface area contributed by atoms with Crippen LogP contribution in [0.1, 0.15) is 5.56 Å². The maximum Gasteiger partial charge on any atom is 0.267 e. The van der Waals surface area contributed by atoms with Crippen molar-refractivity contribution in [1.82, 2.24) is 15.6 Å². The van der Waals surface area contributed by atoms with Gasteiger partial charge in [-0.1, -0.05) is 12.1 Å². The molecule has 7 nitrogen and oxygen atoms in total. The van der Waals surface area contributed by atoms with Crippen molar-refractivity contribution in [3.8, 4) is 0 Å². The van der Waals surface area contributed by atoms with Crippen molar-refractivity contribution < 1.29 is 19.1 Å². The van der Waals surface area contributed by atoms with Crippen LogP contribution in [0.5, 0.6) is 0 Å². The van der Waals surface area contributed by atoms with Gasteiger partial charge >= 0.3 is 0 Å². The van der Waals surface area contributed by atoms with Crippen LogP contribution in [-0.4, -0.2) is 34.5 Å². The number of hydrogen-bond acceptors (Lipinski definition) is 5. The molecule has 1 aliphatic rings. The van der Waals surface area contributed by atoms with E-state index in [1.807, 2.05) is 0 Å². The second kappa shape index (κ2) is 6.47. The molecule has 1 atom stereocenters. The molecule has 134 valence electrons. The predicted molar refractivity (Wildman–Crippen MR) is 92.2 cm³/mol. The number of hydrogen-bond donors (Lipinski definition) is 4. The largest absolute Gasteiger partial charge is 0.507 e. The Morgan fingerprint density at radius 1 is 1.31 bits per heavy atom. The second-order valence-electron chi connectivity index (χ2n) is 5.90. The number of pyridine rings is 1. The fourth-order valence-electron chi connectivity index (χ4n) is 2.94. The van der Waals surface area contributed by atoms with Gasteiger partial charge in [0.1, 0.15) is 16.9 Å². The lowest BCUT2D eigenvalue weighted by molar-refractivity contribution is -0.122. The highest BCUT2D eigenvalue weighted by Gasteiger charge is 2.45. The van der Waals surface area contributed by atoms with Crippen LogP contribution in [-0.2, 0) is 16.0 Å². The molecular weight excluding hydrogens is 339 g/mol. The number of fused-ring (bicyclic) bond motifs is 1. The molecule has 3 rings (SSSR count). The average Bonchev–Trinajstić information content (AvgIpc) is 2.65. The number of halogens is 1. The number of benzene rings is 1. The Kier molecular flexibility index (Phi) is 4.33. The number of aromatic nitrogens is 1. The average molecular weight is 356 g/mol. The van der Waals surface area contributed by atoms with E-state index in [2.05, 4.69) is 15.6 Å². The summed E-state index contributed by atoms with van der Waals surface area (Å²) in [6, 6.07) is 8.62. The van der Waals surface area contributed by atoms with Crippen molar-refractivity contribution in [1.29, 1.82) is 0 Å². The van der Waals surface area contributed by atoms with E-state index >= 15 is 0 Å². The van der Waals surface area contributed by atoms with Crippen LogP contribution in [0, 0.1) is 5.82 Å². The molecule has 0 bridgehead atoms. The van der Waals surface area contributed by atoms with Crippen LogP contribution < -0.4 is 26.9 Å². The maximum atomic E-state index is 13.2. The van der Waals surface area contributed by atoms with Gasteiger partial charge in [0.25, 0.3) is 11.8 Å². The van der Waals surface area contributed by atoms with Crippen LogP contribution in [0.15, 0.2) is 42.6 Å². The standard InChI is InChI=1S/C18H17FN4O3/c1-21-16(25)14-12-3-2-8-22-13(12)15(24)18(23-14,17(20)26)9-10-4-6-11(19)7-5-10/h2-8,23-24H,9H2,1H3,(H2,20,26)(H,21,25). The lowest BCUT2D eigenvalue weighted by Gasteiger charge is -2.34. The summed E-state index contributed by atoms with van der Waals surface area (Å²) in [4.78, 5) is 28.8. The zero-order valence-electron chi connectivity index (χ0n) is 13.9. The van der Waals surface area contributed by atoms with Crippen molar-refractivity contribution in [3.63, 3.8) is 0 Å². The van der Waals surface area contributed by atoms with Crippen molar-refractivity contribution in [2.45, 2.75) is 12.0 Å². The van der Waals surface area contributed by atoms with Gasteiger partial charge in [0.15, 0.2) is 11.3 Å². The zero-order valence-corrected chi connectivity index (χ0v) is 13.9. The number of primary amides is 1. The molecule has 5 N–H and O–H groups in total. The molecule has 1 unspecified atom stereocenters. The van der Waals surface area contributed by atoms with Crippen LogP contribution >= 0.6 is 0 Å². The van der Waals surface area contributed by atoms with E-state index in [1.165, 1.54) is 37.5 Å². The van der Waals surface area contributed by atoms with E-state index < -0.39 is 28.9 Å². The van der Waals surface area contributed by atoms with Gasteiger partial charge < -0.3 is 21.5 Å². The van der Waals surface area contributed by atoms with Crippen molar-refractivity contribution in [2.24, 2.45) is 5.73 Å². The van der Waals surface area contributed by atoms with Crippen LogP contribution in [0.25, 0.3) is 11.5 Å². The number of amides is 2. The number of aliphatic hydroxyl groups is 1. The molecule has 0 spiro atoms. The first-order valence-electron chi connectivity index (χ1n) is 7.83. The smallest absolute Gasteiger partial charge is 0.267 e. The Hall–Kier alpha value is -3.42. The second-order valence-corrected chi connectivity index (χ2v) is 5.90. The minimum Gasteiger partial charge on any atom is -0.507 e. The van der Waals surface area contributed by atoms with E-state index in [0.717, 1.165) is 0 Å². The summed E-state index contributed by atoms with van der Waals surface area (Å²) < 4.78 is 13.2. The Balaban J connectivity index is 2.25. The van der Waals surface area contributed by atoms with E-state index in [1.54, 1.807) is 12.1 Å². The van der Waals surface area contributed by atoms with Gasteiger partial charge in [-0.05, 0) is 29.8 Å². The molecule has 8 heteroatoms. The van der Waals surface area contributed by atoms with Crippen LogP contribution in [0.2, 0.25) is 0 Å². The Labute approximate surface area is 148 Å². The van der Waals surface area contributed by atoms with Crippen LogP contribution in [0.3, 0.4) is 0 Å². The lowest BCUT2D eigenvalue weighted by Crippen LogP contribution is -2.65. The van der Waals surface area contributed by atoms with Gasteiger partial charge in [-0.3, -0.25) is 14.6 Å². The van der Waals surface area contributed by atoms with Gasteiger partial charge in [-0.15, -0.1) is 0 Å². The summed E-state index contributed by atoms with van der Waals surface area (Å²) in [5.41, 5.74) is 4.42. The molecule has 0 fully saturated rings. The van der Waals surface area contributed by atoms with Crippen LogP contribution in [0.4, 0.5) is 4.39 Å². The minimum absolute atomic E-state index is 0.0642. The number of carbonyl (C=O) groups excluding carboxylic acids is 2. The molecule has 0 saturated heterocycles. The normalized spacial score (nSPS) is 18.7. The molecule has 2 heterocycles. The third-order valence-corrected chi connectivity index (χ3v) is 4.30. The summed E-state index contributed by atoms with van der Waals surface area (Å²) in [7, 11) is 1.44. The molecular formula is C18H17FN4O3. The topological polar surface area (TPSA) is 117 Å². The van der Waals surface area contributed by atoms with Gasteiger partial charge in [0.2, 0.25) is 0 Å². The SMILES string of the molecule is CNC(=O)C1=c2cccnc2=C(O)C(Cc2ccc(F)cc2)(C(N)=O)N1. The zero-order chi connectivity index (χ0) is 18.9. The monoisotopic (exact) mass is 356 g/mol. The first-order valence-corrected chi connectivity index (χ1v) is 7.83. The van der Waals surface area contributed by atoms with Gasteiger partial charge in [-0.25, -0.2) is 4.39 Å². The lowest BCUT2D eigenvalue weighted by atomic mass is 9.85. The fraction of sp³-hybridized carbons (Fsp3) is 0.167. The predicted octanol–water partition coefficient (Wildman–Crippen LogP) is -1.19. The molecule has 0 radical (unpaired) electrons. The minimum atomic E-state index is -1.79. The Morgan fingerprint density at radius 2 is 2.00 bits per heavy atom. The van der Waals surface area contributed by atoms with Gasteiger partial charge in [0, 0.05) is 24.9 Å². The van der Waals surface area contributed by atoms with E-state index in [9.17, 15) is 19.1 Å². The third-order valence-electron chi connectivity index (χ3n) is 4.30. The maximum absolute atomic E-state index is 13.2. The molecule has 1 aromatic carbocycles. The molecule has 0 aliphatic carbocycles. The van der Waals surface area contributed by atoms with E-state index in [0.29, 0.717) is 10.8 Å². The van der Waals surface area contributed by atoms with Crippen molar-refractivity contribution in [3.05, 3.63) is 64.5 Å². The first kappa shape index (κ1) is 17.4. The molecule has 1 aliphatic heterocycles. The number of likely N-dealkylation sites (N-methyl/N-ethyl adjacent to an activating group) is 1. The number of nitrogens with zero attached hydrogens (tertiary/aromatic N) is 1. The highest BCUT2D eigenvalue weighted by Crippen LogP contribution is 2.24. The number of nitrogens with one attached hydrogen (secondary N) is 2. The van der Waals surface area contributed by atoms with E-state index in [-0.39, 0.29) is 17.5 Å². The fourth-order valence-corrected chi connectivity index (χ4v) is 2.94. The Bertz CT molecular complexity index is 1000. The number of nitrogens with two attached hydrogens (primary N) is 1. The van der Waals surface area contributed by atoms with E-state index in [4.69, 9.17) is 5.73 Å². The highest BCUT2D eigenvalue weighted by atomic mass is 19.1. The first-order chi connectivity index (χ1) is 12.4. The highest BCUT2D eigenvalue weighted by molar-refractivity contribution is 6.14. The van der Waals surface area contributed by atoms with Gasteiger partial charge in [0.05, 0.1) is 0 Å². The summed E-state index contributed by atoms with van der Waals surface area (Å²) in [5.74, 6) is -2.21. The Morgan fingerprint density at radius 3 is 2.62 bits per heavy atom. The molecule has 1 aromatic heterocycles. The molecule has 2 aromatic rings. The number of rotatable bonds is 4. The molecule has 0 saturated carbocycles. The third kappa shape index (κ3) is 2.75. The summed E-state index contributed by atoms with van der Waals surface area (Å²) in [6.07, 6.45) is 1.34. The quantitative estimate of drug-likeness (QED) is 0.550. The summed E-state index contributed by atoms with van der Waals surface area (Å²) in [5, 5.41) is 16.5. The van der Waals surface area contributed by atoms with Gasteiger partial charge in [-0.2, -0.15) is 0 Å².